The van der Waals surface area contributed by atoms with Gasteiger partial charge in [0.2, 0.25) is 0 Å². The number of rotatable bonds is 4. The number of amides is 1. The molecule has 1 aromatic carbocycles. The molecule has 4 nitrogen and oxygen atoms in total. The van der Waals surface area contributed by atoms with E-state index in [-0.39, 0.29) is 5.91 Å². The van der Waals surface area contributed by atoms with Crippen molar-refractivity contribution in [3.05, 3.63) is 39.0 Å². The molecule has 20 heavy (non-hydrogen) atoms. The van der Waals surface area contributed by atoms with Crippen LogP contribution in [0.25, 0.3) is 0 Å². The van der Waals surface area contributed by atoms with Crippen LogP contribution >= 0.6 is 22.9 Å². The fourth-order valence-electron chi connectivity index (χ4n) is 1.73. The first-order chi connectivity index (χ1) is 9.56. The minimum atomic E-state index is -0.188. The molecule has 0 spiro atoms. The van der Waals surface area contributed by atoms with Crippen molar-refractivity contribution in [1.29, 1.82) is 0 Å². The zero-order chi connectivity index (χ0) is 14.7. The minimum absolute atomic E-state index is 0.188. The van der Waals surface area contributed by atoms with E-state index in [1.54, 1.807) is 12.1 Å². The minimum Gasteiger partial charge on any atom is -0.493 e. The second kappa shape index (κ2) is 6.15. The lowest BCUT2D eigenvalue weighted by Gasteiger charge is -2.12. The van der Waals surface area contributed by atoms with E-state index in [0.717, 1.165) is 5.56 Å². The third kappa shape index (κ3) is 2.89. The molecule has 2 aromatic rings. The number of hydrogen-bond donors (Lipinski definition) is 1. The number of hydrogen-bond acceptors (Lipinski definition) is 4. The van der Waals surface area contributed by atoms with Gasteiger partial charge in [0.15, 0.2) is 11.5 Å². The van der Waals surface area contributed by atoms with Gasteiger partial charge < -0.3 is 14.8 Å². The molecule has 0 aliphatic carbocycles. The predicted molar refractivity (Wildman–Crippen MR) is 81.6 cm³/mol. The van der Waals surface area contributed by atoms with E-state index in [2.05, 4.69) is 5.32 Å². The predicted octanol–water partition coefficient (Wildman–Crippen LogP) is 3.98. The van der Waals surface area contributed by atoms with Gasteiger partial charge in [-0.2, -0.15) is 0 Å². The fourth-order valence-corrected chi connectivity index (χ4v) is 2.76. The number of carbonyl (C=O) groups is 1. The molecule has 0 atom stereocenters. The van der Waals surface area contributed by atoms with Gasteiger partial charge >= 0.3 is 0 Å². The third-order valence-corrected chi connectivity index (χ3v) is 4.12. The molecule has 1 aromatic heterocycles. The number of halogens is 1. The molecule has 0 bridgehead atoms. The summed E-state index contributed by atoms with van der Waals surface area (Å²) in [4.78, 5) is 12.8. The van der Waals surface area contributed by atoms with Gasteiger partial charge in [-0.15, -0.1) is 11.3 Å². The maximum absolute atomic E-state index is 12.2. The maximum Gasteiger partial charge on any atom is 0.266 e. The van der Waals surface area contributed by atoms with Crippen LogP contribution in [0.5, 0.6) is 11.5 Å². The number of anilines is 1. The largest absolute Gasteiger partial charge is 0.493 e. The Morgan fingerprint density at radius 2 is 1.90 bits per heavy atom. The molecule has 106 valence electrons. The number of methoxy groups -OCH3 is 2. The summed E-state index contributed by atoms with van der Waals surface area (Å²) in [6, 6.07) is 5.15. The number of carbonyl (C=O) groups excluding carboxylic acids is 1. The van der Waals surface area contributed by atoms with Crippen LogP contribution in [0.15, 0.2) is 23.6 Å². The molecule has 1 heterocycles. The molecular formula is C14H14ClNO3S. The molecule has 0 unspecified atom stereocenters. The van der Waals surface area contributed by atoms with E-state index >= 15 is 0 Å². The zero-order valence-corrected chi connectivity index (χ0v) is 12.9. The van der Waals surface area contributed by atoms with Gasteiger partial charge in [-0.1, -0.05) is 11.6 Å². The van der Waals surface area contributed by atoms with Crippen molar-refractivity contribution in [1.82, 2.24) is 0 Å². The van der Waals surface area contributed by atoms with Crippen LogP contribution in [-0.2, 0) is 0 Å². The summed E-state index contributed by atoms with van der Waals surface area (Å²) in [6.07, 6.45) is 0. The summed E-state index contributed by atoms with van der Waals surface area (Å²) in [5.41, 5.74) is 1.42. The molecule has 1 N–H and O–H groups in total. The molecule has 6 heteroatoms. The standard InChI is InChI=1S/C14H14ClNO3S/c1-8-4-5-20-13(8)14(17)16-10-7-12(19-3)11(18-2)6-9(10)15/h4-7H,1-3H3,(H,16,17). The number of nitrogens with one attached hydrogen (secondary N) is 1. The molecule has 1 amide bonds. The molecule has 0 fully saturated rings. The van der Waals surface area contributed by atoms with E-state index in [0.29, 0.717) is 27.1 Å². The Labute approximate surface area is 126 Å². The summed E-state index contributed by atoms with van der Waals surface area (Å²) < 4.78 is 10.3. The van der Waals surface area contributed by atoms with Gasteiger partial charge in [0.25, 0.3) is 5.91 Å². The Morgan fingerprint density at radius 3 is 2.45 bits per heavy atom. The topological polar surface area (TPSA) is 47.6 Å². The molecule has 0 saturated carbocycles. The molecule has 0 saturated heterocycles. The smallest absolute Gasteiger partial charge is 0.266 e. The number of benzene rings is 1. The van der Waals surface area contributed by atoms with Crippen molar-refractivity contribution in [3.8, 4) is 11.5 Å². The monoisotopic (exact) mass is 311 g/mol. The normalized spacial score (nSPS) is 10.2. The Balaban J connectivity index is 2.30. The van der Waals surface area contributed by atoms with Crippen molar-refractivity contribution in [2.24, 2.45) is 0 Å². The molecule has 2 rings (SSSR count). The quantitative estimate of drug-likeness (QED) is 0.929. The molecule has 0 aliphatic rings. The van der Waals surface area contributed by atoms with Crippen molar-refractivity contribution in [2.75, 3.05) is 19.5 Å². The van der Waals surface area contributed by atoms with Gasteiger partial charge in [0.05, 0.1) is 29.8 Å². The first-order valence-corrected chi connectivity index (χ1v) is 7.09. The highest BCUT2D eigenvalue weighted by Gasteiger charge is 2.15. The van der Waals surface area contributed by atoms with Crippen molar-refractivity contribution >= 4 is 34.5 Å². The zero-order valence-electron chi connectivity index (χ0n) is 11.3. The van der Waals surface area contributed by atoms with Gasteiger partial charge in [0, 0.05) is 12.1 Å². The van der Waals surface area contributed by atoms with Crippen LogP contribution in [0.2, 0.25) is 5.02 Å². The highest BCUT2D eigenvalue weighted by molar-refractivity contribution is 7.12. The van der Waals surface area contributed by atoms with Crippen LogP contribution in [0, 0.1) is 6.92 Å². The first-order valence-electron chi connectivity index (χ1n) is 5.83. The molecule has 0 aliphatic heterocycles. The Bertz CT molecular complexity index is 639. The number of aryl methyl sites for hydroxylation is 1. The highest BCUT2D eigenvalue weighted by atomic mass is 35.5. The van der Waals surface area contributed by atoms with Crippen LogP contribution in [-0.4, -0.2) is 20.1 Å². The van der Waals surface area contributed by atoms with Crippen molar-refractivity contribution in [3.63, 3.8) is 0 Å². The lowest BCUT2D eigenvalue weighted by atomic mass is 10.2. The van der Waals surface area contributed by atoms with Gasteiger partial charge in [-0.25, -0.2) is 0 Å². The van der Waals surface area contributed by atoms with Crippen molar-refractivity contribution in [2.45, 2.75) is 6.92 Å². The van der Waals surface area contributed by atoms with Crippen LogP contribution in [0.1, 0.15) is 15.2 Å². The maximum atomic E-state index is 12.2. The average molecular weight is 312 g/mol. The average Bonchev–Trinajstić information content (AvgIpc) is 2.86. The highest BCUT2D eigenvalue weighted by Crippen LogP contribution is 2.36. The van der Waals surface area contributed by atoms with Crippen molar-refractivity contribution < 1.29 is 14.3 Å². The SMILES string of the molecule is COc1cc(Cl)c(NC(=O)c2sccc2C)cc1OC. The lowest BCUT2D eigenvalue weighted by molar-refractivity contribution is 0.103. The summed E-state index contributed by atoms with van der Waals surface area (Å²) >= 11 is 7.52. The van der Waals surface area contributed by atoms with E-state index < -0.39 is 0 Å². The fraction of sp³-hybridized carbons (Fsp3) is 0.214. The van der Waals surface area contributed by atoms with Crippen LogP contribution < -0.4 is 14.8 Å². The lowest BCUT2D eigenvalue weighted by Crippen LogP contribution is -2.12. The molecule has 0 radical (unpaired) electrons. The van der Waals surface area contributed by atoms with Gasteiger partial charge in [0.1, 0.15) is 0 Å². The van der Waals surface area contributed by atoms with E-state index in [9.17, 15) is 4.79 Å². The second-order valence-corrected chi connectivity index (χ2v) is 5.40. The van der Waals surface area contributed by atoms with Gasteiger partial charge in [-0.3, -0.25) is 4.79 Å². The second-order valence-electron chi connectivity index (χ2n) is 4.07. The summed E-state index contributed by atoms with van der Waals surface area (Å²) in [7, 11) is 3.06. The summed E-state index contributed by atoms with van der Waals surface area (Å²) in [5, 5.41) is 5.05. The Morgan fingerprint density at radius 1 is 1.25 bits per heavy atom. The van der Waals surface area contributed by atoms with E-state index in [4.69, 9.17) is 21.1 Å². The molecular weight excluding hydrogens is 298 g/mol. The van der Waals surface area contributed by atoms with E-state index in [1.807, 2.05) is 18.4 Å². The Kier molecular flexibility index (Phi) is 4.52. The third-order valence-electron chi connectivity index (χ3n) is 2.79. The van der Waals surface area contributed by atoms with Crippen LogP contribution in [0.3, 0.4) is 0 Å². The summed E-state index contributed by atoms with van der Waals surface area (Å²) in [6.45, 7) is 1.89. The van der Waals surface area contributed by atoms with Gasteiger partial charge in [-0.05, 0) is 23.9 Å². The number of ether oxygens (including phenoxy) is 2. The van der Waals surface area contributed by atoms with Crippen LogP contribution in [0.4, 0.5) is 5.69 Å². The Hall–Kier alpha value is -1.72. The first kappa shape index (κ1) is 14.7. The van der Waals surface area contributed by atoms with E-state index in [1.165, 1.54) is 25.6 Å². The summed E-state index contributed by atoms with van der Waals surface area (Å²) in [5.74, 6) is 0.838. The number of thiophene rings is 1.